The summed E-state index contributed by atoms with van der Waals surface area (Å²) in [6.45, 7) is 9.79. The van der Waals surface area contributed by atoms with Crippen molar-refractivity contribution in [2.45, 2.75) is 207 Å². The molecule has 0 fully saturated rings. The van der Waals surface area contributed by atoms with Crippen LogP contribution in [-0.2, 0) is 0 Å². The normalized spacial score (nSPS) is 12.9. The van der Waals surface area contributed by atoms with E-state index in [2.05, 4.69) is 27.7 Å². The number of rotatable bonds is 30. The van der Waals surface area contributed by atoms with Crippen LogP contribution in [0.2, 0.25) is 0 Å². The molecule has 0 amide bonds. The fourth-order valence-electron chi connectivity index (χ4n) is 6.45. The zero-order valence-electron chi connectivity index (χ0n) is 26.0. The Morgan fingerprint density at radius 1 is 0.417 bits per heavy atom. The number of aliphatic hydroxyl groups is 1. The summed E-state index contributed by atoms with van der Waals surface area (Å²) in [5.74, 6) is 0.668. The minimum absolute atomic E-state index is 0.370. The molecule has 1 atom stereocenters. The molecule has 0 aliphatic heterocycles. The van der Waals surface area contributed by atoms with Crippen LogP contribution >= 0.6 is 0 Å². The van der Waals surface area contributed by atoms with Crippen LogP contribution in [0.15, 0.2) is 0 Å². The van der Waals surface area contributed by atoms with E-state index in [0.717, 1.165) is 6.42 Å². The van der Waals surface area contributed by atoms with Gasteiger partial charge in [0.2, 0.25) is 0 Å². The van der Waals surface area contributed by atoms with Crippen LogP contribution in [0, 0.1) is 11.3 Å². The maximum atomic E-state index is 9.84. The van der Waals surface area contributed by atoms with Crippen molar-refractivity contribution >= 4 is 0 Å². The summed E-state index contributed by atoms with van der Waals surface area (Å²) < 4.78 is 0. The molecule has 0 saturated heterocycles. The lowest BCUT2D eigenvalue weighted by molar-refractivity contribution is 0.0887. The zero-order valence-corrected chi connectivity index (χ0v) is 26.0. The quantitative estimate of drug-likeness (QED) is 0.0956. The summed E-state index contributed by atoms with van der Waals surface area (Å²) >= 11 is 0. The first-order valence-electron chi connectivity index (χ1n) is 17.3. The molecule has 0 aromatic rings. The molecule has 0 aliphatic rings. The van der Waals surface area contributed by atoms with Gasteiger partial charge in [-0.1, -0.05) is 182 Å². The fraction of sp³-hybridized carbons (Fsp3) is 1.00. The second-order valence-electron chi connectivity index (χ2n) is 12.5. The summed E-state index contributed by atoms with van der Waals surface area (Å²) in [5, 5.41) is 9.84. The SMILES string of the molecule is CCCCCCCCCCC(CCCCCCCCCC)(CCCCCCCCCC)C(C)CCO. The molecule has 0 aromatic heterocycles. The molecule has 0 radical (unpaired) electrons. The molecule has 1 heteroatoms. The van der Waals surface area contributed by atoms with E-state index in [1.165, 1.54) is 173 Å². The first kappa shape index (κ1) is 36.0. The first-order valence-corrected chi connectivity index (χ1v) is 17.3. The monoisotopic (exact) mass is 509 g/mol. The second kappa shape index (κ2) is 28.0. The lowest BCUT2D eigenvalue weighted by Crippen LogP contribution is -2.30. The van der Waals surface area contributed by atoms with Gasteiger partial charge in [0, 0.05) is 6.61 Å². The van der Waals surface area contributed by atoms with Crippen molar-refractivity contribution in [3.8, 4) is 0 Å². The van der Waals surface area contributed by atoms with Crippen molar-refractivity contribution in [2.24, 2.45) is 11.3 Å². The smallest absolute Gasteiger partial charge is 0.0433 e. The standard InChI is InChI=1S/C35H72O/c1-5-8-11-14-17-20-23-26-30-35(34(4)29-33-36,31-27-24-21-18-15-12-9-6-2)32-28-25-22-19-16-13-10-7-3/h34,36H,5-33H2,1-4H3. The lowest BCUT2D eigenvalue weighted by Gasteiger charge is -2.40. The summed E-state index contributed by atoms with van der Waals surface area (Å²) in [5.41, 5.74) is 0.482. The molecule has 0 rings (SSSR count). The Hall–Kier alpha value is -0.0400. The highest BCUT2D eigenvalue weighted by Crippen LogP contribution is 2.45. The van der Waals surface area contributed by atoms with E-state index in [4.69, 9.17) is 0 Å². The molecule has 0 aromatic carbocycles. The molecule has 0 spiro atoms. The highest BCUT2D eigenvalue weighted by Gasteiger charge is 2.34. The Morgan fingerprint density at radius 3 is 0.917 bits per heavy atom. The molecule has 36 heavy (non-hydrogen) atoms. The molecule has 1 unspecified atom stereocenters. The van der Waals surface area contributed by atoms with Crippen LogP contribution in [0.4, 0.5) is 0 Å². The Bertz CT molecular complexity index is 353. The molecular weight excluding hydrogens is 436 g/mol. The molecule has 0 saturated carbocycles. The number of hydrogen-bond donors (Lipinski definition) is 1. The minimum Gasteiger partial charge on any atom is -0.396 e. The topological polar surface area (TPSA) is 20.2 Å². The molecule has 0 bridgehead atoms. The predicted octanol–water partition coefficient (Wildman–Crippen LogP) is 12.6. The largest absolute Gasteiger partial charge is 0.396 e. The van der Waals surface area contributed by atoms with Crippen LogP contribution in [0.25, 0.3) is 0 Å². The third-order valence-corrected chi connectivity index (χ3v) is 9.19. The van der Waals surface area contributed by atoms with Crippen molar-refractivity contribution in [3.05, 3.63) is 0 Å². The van der Waals surface area contributed by atoms with Crippen LogP contribution in [0.3, 0.4) is 0 Å². The molecule has 1 nitrogen and oxygen atoms in total. The van der Waals surface area contributed by atoms with Gasteiger partial charge in [-0.15, -0.1) is 0 Å². The van der Waals surface area contributed by atoms with Crippen LogP contribution in [0.5, 0.6) is 0 Å². The van der Waals surface area contributed by atoms with Gasteiger partial charge in [-0.2, -0.15) is 0 Å². The molecule has 0 aliphatic carbocycles. The minimum atomic E-state index is 0.370. The average molecular weight is 509 g/mol. The zero-order chi connectivity index (χ0) is 26.6. The van der Waals surface area contributed by atoms with E-state index in [1.807, 2.05) is 0 Å². The van der Waals surface area contributed by atoms with Crippen LogP contribution < -0.4 is 0 Å². The van der Waals surface area contributed by atoms with Gasteiger partial charge in [0.1, 0.15) is 0 Å². The van der Waals surface area contributed by atoms with Crippen molar-refractivity contribution in [2.75, 3.05) is 6.61 Å². The van der Waals surface area contributed by atoms with E-state index < -0.39 is 0 Å². The maximum absolute atomic E-state index is 9.84. The number of unbranched alkanes of at least 4 members (excludes halogenated alkanes) is 21. The van der Waals surface area contributed by atoms with Gasteiger partial charge < -0.3 is 5.11 Å². The van der Waals surface area contributed by atoms with Crippen LogP contribution in [-0.4, -0.2) is 11.7 Å². The van der Waals surface area contributed by atoms with E-state index in [-0.39, 0.29) is 0 Å². The van der Waals surface area contributed by atoms with Gasteiger partial charge in [-0.05, 0) is 37.0 Å². The summed E-state index contributed by atoms with van der Waals surface area (Å²) in [6.07, 6.45) is 39.3. The van der Waals surface area contributed by atoms with Gasteiger partial charge in [-0.25, -0.2) is 0 Å². The van der Waals surface area contributed by atoms with Crippen molar-refractivity contribution in [1.82, 2.24) is 0 Å². The molecule has 1 N–H and O–H groups in total. The van der Waals surface area contributed by atoms with Crippen molar-refractivity contribution in [3.63, 3.8) is 0 Å². The van der Waals surface area contributed by atoms with Crippen molar-refractivity contribution in [1.29, 1.82) is 0 Å². The molecular formula is C35H72O. The molecule has 218 valence electrons. The van der Waals surface area contributed by atoms with Crippen molar-refractivity contribution < 1.29 is 5.11 Å². The Morgan fingerprint density at radius 2 is 0.667 bits per heavy atom. The van der Waals surface area contributed by atoms with E-state index in [0.29, 0.717) is 17.9 Å². The van der Waals surface area contributed by atoms with Gasteiger partial charge in [0.05, 0.1) is 0 Å². The first-order chi connectivity index (χ1) is 17.7. The third kappa shape index (κ3) is 21.0. The van der Waals surface area contributed by atoms with Gasteiger partial charge in [-0.3, -0.25) is 0 Å². The number of aliphatic hydroxyl groups excluding tert-OH is 1. The average Bonchev–Trinajstić information content (AvgIpc) is 2.88. The lowest BCUT2D eigenvalue weighted by atomic mass is 9.65. The highest BCUT2D eigenvalue weighted by atomic mass is 16.3. The summed E-state index contributed by atoms with van der Waals surface area (Å²) in [6, 6.07) is 0. The van der Waals surface area contributed by atoms with E-state index in [9.17, 15) is 5.11 Å². The number of hydrogen-bond acceptors (Lipinski definition) is 1. The Kier molecular flexibility index (Phi) is 27.9. The third-order valence-electron chi connectivity index (χ3n) is 9.19. The Balaban J connectivity index is 4.70. The predicted molar refractivity (Wildman–Crippen MR) is 165 cm³/mol. The van der Waals surface area contributed by atoms with Gasteiger partial charge in [0.15, 0.2) is 0 Å². The van der Waals surface area contributed by atoms with Gasteiger partial charge >= 0.3 is 0 Å². The van der Waals surface area contributed by atoms with E-state index in [1.54, 1.807) is 0 Å². The summed E-state index contributed by atoms with van der Waals surface area (Å²) in [7, 11) is 0. The second-order valence-corrected chi connectivity index (χ2v) is 12.5. The maximum Gasteiger partial charge on any atom is 0.0433 e. The van der Waals surface area contributed by atoms with Crippen LogP contribution in [0.1, 0.15) is 207 Å². The van der Waals surface area contributed by atoms with E-state index >= 15 is 0 Å². The highest BCUT2D eigenvalue weighted by molar-refractivity contribution is 4.85. The molecule has 0 heterocycles. The van der Waals surface area contributed by atoms with Gasteiger partial charge in [0.25, 0.3) is 0 Å². The summed E-state index contributed by atoms with van der Waals surface area (Å²) in [4.78, 5) is 0. The Labute approximate surface area is 230 Å². The fourth-order valence-corrected chi connectivity index (χ4v) is 6.45.